The summed E-state index contributed by atoms with van der Waals surface area (Å²) in [5.74, 6) is -1.55. The smallest absolute Gasteiger partial charge is 0.433 e. The number of aliphatic carboxylic acids is 2. The van der Waals surface area contributed by atoms with E-state index >= 15 is 4.79 Å². The molecular weight excluding hydrogens is 652 g/mol. The maximum Gasteiger partial charge on any atom is 0.433 e. The number of piperidine rings is 2. The predicted molar refractivity (Wildman–Crippen MR) is 214 cm³/mol. The third-order valence-electron chi connectivity index (χ3n) is 13.4. The average molecular weight is 739 g/mol. The lowest BCUT2D eigenvalue weighted by molar-refractivity contribution is -1.36. The number of hydrogen-bond donors (Lipinski definition) is 2. The lowest BCUT2D eigenvalue weighted by Crippen LogP contribution is -2.96. The minimum Gasteiger partial charge on any atom is -0.481 e. The van der Waals surface area contributed by atoms with Crippen LogP contribution in [0.15, 0.2) is 0 Å². The molecule has 0 unspecified atom stereocenters. The van der Waals surface area contributed by atoms with Crippen LogP contribution < -0.4 is 0 Å². The van der Waals surface area contributed by atoms with E-state index in [-0.39, 0.29) is 15.7 Å². The molecule has 0 saturated carbocycles. The molecule has 2 aliphatic heterocycles. The minimum absolute atomic E-state index is 0.0552. The van der Waals surface area contributed by atoms with Crippen LogP contribution in [0.1, 0.15) is 230 Å². The lowest BCUT2D eigenvalue weighted by Gasteiger charge is -2.71. The molecule has 306 valence electrons. The average Bonchev–Trinajstić information content (AvgIpc) is 3.03. The zero-order chi connectivity index (χ0) is 39.2. The van der Waals surface area contributed by atoms with E-state index in [0.29, 0.717) is 26.1 Å². The first-order valence-corrected chi connectivity index (χ1v) is 21.9. The van der Waals surface area contributed by atoms with Crippen LogP contribution in [0.5, 0.6) is 0 Å². The summed E-state index contributed by atoms with van der Waals surface area (Å²) in [6, 6.07) is 0. The van der Waals surface area contributed by atoms with Crippen molar-refractivity contribution in [2.24, 2.45) is 0 Å². The molecule has 0 bridgehead atoms. The molecule has 8 heteroatoms. The molecule has 0 aliphatic carbocycles. The number of quaternary nitrogens is 2. The molecule has 0 aromatic carbocycles. The Labute approximate surface area is 320 Å². The van der Waals surface area contributed by atoms with Crippen LogP contribution in [0.2, 0.25) is 0 Å². The second-order valence-corrected chi connectivity index (χ2v) is 19.2. The Kier molecular flexibility index (Phi) is 18.6. The number of hydroxylamine groups is 6. The molecule has 2 saturated heterocycles. The summed E-state index contributed by atoms with van der Waals surface area (Å²) in [6.45, 7) is 23.8. The number of rotatable bonds is 27. The molecule has 0 aromatic heterocycles. The summed E-state index contributed by atoms with van der Waals surface area (Å²) in [6.07, 6.45) is 23.9. The van der Waals surface area contributed by atoms with Crippen LogP contribution in [0, 0.1) is 0 Å². The SMILES string of the molecule is CCCCCCCCO[N+]1(C(CCCCCCCC(=O)O)(C(=O)O)[N+]2(OCCCCCCCC)C(C)(C)CCCC2(C)C)C(C)(C)CCCC1(C)C. The number of hydrogen-bond acceptors (Lipinski definition) is 4. The van der Waals surface area contributed by atoms with E-state index in [9.17, 15) is 15.0 Å². The van der Waals surface area contributed by atoms with E-state index in [0.717, 1.165) is 89.9 Å². The van der Waals surface area contributed by atoms with Crippen LogP contribution in [0.3, 0.4) is 0 Å². The van der Waals surface area contributed by atoms with E-state index in [1.807, 2.05) is 0 Å². The van der Waals surface area contributed by atoms with Gasteiger partial charge in [0.2, 0.25) is 0 Å². The lowest BCUT2D eigenvalue weighted by atomic mass is 9.69. The molecule has 2 aliphatic rings. The molecule has 2 fully saturated rings. The van der Waals surface area contributed by atoms with Crippen molar-refractivity contribution >= 4 is 11.9 Å². The Hall–Kier alpha value is -1.22. The fraction of sp³-hybridized carbons (Fsp3) is 0.955. The highest BCUT2D eigenvalue weighted by molar-refractivity contribution is 5.75. The first-order chi connectivity index (χ1) is 24.4. The number of nitrogens with zero attached hydrogens (tertiary/aromatic N) is 2. The Balaban J connectivity index is 2.86. The van der Waals surface area contributed by atoms with E-state index < -0.39 is 39.8 Å². The van der Waals surface area contributed by atoms with Gasteiger partial charge >= 0.3 is 17.6 Å². The van der Waals surface area contributed by atoms with Gasteiger partial charge in [-0.25, -0.2) is 4.79 Å². The van der Waals surface area contributed by atoms with Gasteiger partial charge in [0, 0.05) is 32.1 Å². The van der Waals surface area contributed by atoms with Crippen molar-refractivity contribution in [3.8, 4) is 0 Å². The molecule has 0 spiro atoms. The molecule has 52 heavy (non-hydrogen) atoms. The maximum atomic E-state index is 15.2. The fourth-order valence-corrected chi connectivity index (χ4v) is 11.3. The first-order valence-electron chi connectivity index (χ1n) is 21.9. The monoisotopic (exact) mass is 739 g/mol. The van der Waals surface area contributed by atoms with Crippen molar-refractivity contribution < 1.29 is 38.8 Å². The van der Waals surface area contributed by atoms with Crippen molar-refractivity contribution in [2.75, 3.05) is 13.2 Å². The first kappa shape index (κ1) is 46.9. The highest BCUT2D eigenvalue weighted by Gasteiger charge is 2.87. The van der Waals surface area contributed by atoms with Crippen molar-refractivity contribution in [3.05, 3.63) is 0 Å². The number of unbranched alkanes of at least 4 members (excludes halogenated alkanes) is 14. The van der Waals surface area contributed by atoms with Crippen molar-refractivity contribution in [2.45, 2.75) is 258 Å². The topological polar surface area (TPSA) is 93.1 Å². The standard InChI is InChI=1S/C44H84N2O6/c1-11-13-15-17-22-26-36-51-45(40(3,4)31-28-32-41(45,5)6)44(39(49)50,35-25-21-19-20-24-30-38(47)48)46(52-37-27-23-18-16-14-12-2)42(7,8)33-29-34-43(46,9)10/h11-37H2,1-10H3/p+2. The van der Waals surface area contributed by atoms with Gasteiger partial charge in [0.1, 0.15) is 35.4 Å². The van der Waals surface area contributed by atoms with Crippen molar-refractivity contribution in [3.63, 3.8) is 0 Å². The summed E-state index contributed by atoms with van der Waals surface area (Å²) in [5, 5.41) is 21.6. The van der Waals surface area contributed by atoms with E-state index in [2.05, 4.69) is 69.2 Å². The third-order valence-corrected chi connectivity index (χ3v) is 13.4. The summed E-state index contributed by atoms with van der Waals surface area (Å²) < 4.78 is 0.110. The molecule has 0 radical (unpaired) electrons. The summed E-state index contributed by atoms with van der Waals surface area (Å²) in [5.41, 5.74) is -3.44. The van der Waals surface area contributed by atoms with Crippen molar-refractivity contribution in [1.29, 1.82) is 0 Å². The molecule has 0 amide bonds. The predicted octanol–water partition coefficient (Wildman–Crippen LogP) is 12.3. The van der Waals surface area contributed by atoms with Crippen LogP contribution in [0.25, 0.3) is 0 Å². The molecule has 0 atom stereocenters. The zero-order valence-corrected chi connectivity index (χ0v) is 36.0. The van der Waals surface area contributed by atoms with Gasteiger partial charge in [-0.05, 0) is 93.9 Å². The third kappa shape index (κ3) is 9.95. The Morgan fingerprint density at radius 1 is 0.519 bits per heavy atom. The van der Waals surface area contributed by atoms with Gasteiger partial charge in [-0.2, -0.15) is 9.68 Å². The van der Waals surface area contributed by atoms with Gasteiger partial charge < -0.3 is 10.2 Å². The second kappa shape index (κ2) is 20.6. The van der Waals surface area contributed by atoms with Crippen LogP contribution in [0.4, 0.5) is 0 Å². The van der Waals surface area contributed by atoms with Gasteiger partial charge in [0.05, 0.1) is 6.42 Å². The Morgan fingerprint density at radius 2 is 0.846 bits per heavy atom. The summed E-state index contributed by atoms with van der Waals surface area (Å²) in [7, 11) is 0. The molecule has 0 aromatic rings. The number of carboxylic acid groups (broad SMARTS) is 2. The zero-order valence-electron chi connectivity index (χ0n) is 36.0. The summed E-state index contributed by atoms with van der Waals surface area (Å²) in [4.78, 5) is 41.6. The number of likely N-dealkylation sites (tertiary alicyclic amines) is 2. The molecule has 2 N–H and O–H groups in total. The molecule has 2 heterocycles. The van der Waals surface area contributed by atoms with E-state index in [4.69, 9.17) is 9.68 Å². The fourth-order valence-electron chi connectivity index (χ4n) is 11.3. The molecule has 8 nitrogen and oxygen atoms in total. The summed E-state index contributed by atoms with van der Waals surface area (Å²) >= 11 is 0. The van der Waals surface area contributed by atoms with Crippen LogP contribution in [-0.2, 0) is 19.3 Å². The van der Waals surface area contributed by atoms with E-state index in [1.54, 1.807) is 0 Å². The van der Waals surface area contributed by atoms with Gasteiger partial charge in [-0.1, -0.05) is 97.3 Å². The van der Waals surface area contributed by atoms with Gasteiger partial charge in [0.15, 0.2) is 0 Å². The number of carbonyl (C=O) groups is 2. The number of carboxylic acids is 2. The van der Waals surface area contributed by atoms with Crippen LogP contribution >= 0.6 is 0 Å². The normalized spacial score (nSPS) is 21.5. The van der Waals surface area contributed by atoms with E-state index in [1.165, 1.54) is 51.4 Å². The Morgan fingerprint density at radius 3 is 1.19 bits per heavy atom. The highest BCUT2D eigenvalue weighted by atomic mass is 16.8. The second-order valence-electron chi connectivity index (χ2n) is 19.2. The molecular formula is C44H86N2O6+2. The van der Waals surface area contributed by atoms with Gasteiger partial charge in [-0.3, -0.25) is 4.79 Å². The minimum atomic E-state index is -1.45. The van der Waals surface area contributed by atoms with Crippen molar-refractivity contribution in [1.82, 2.24) is 0 Å². The largest absolute Gasteiger partial charge is 0.481 e. The van der Waals surface area contributed by atoms with Gasteiger partial charge in [0.25, 0.3) is 0 Å². The molecule has 2 rings (SSSR count). The van der Waals surface area contributed by atoms with Gasteiger partial charge in [-0.15, -0.1) is 9.29 Å². The maximum absolute atomic E-state index is 15.2. The highest BCUT2D eigenvalue weighted by Crippen LogP contribution is 2.63. The quantitative estimate of drug-likeness (QED) is 0.0644. The Bertz CT molecular complexity index is 975. The van der Waals surface area contributed by atoms with Crippen LogP contribution in [-0.4, -0.2) is 72.5 Å².